The van der Waals surface area contributed by atoms with Crippen LogP contribution in [0.5, 0.6) is 5.75 Å². The van der Waals surface area contributed by atoms with Crippen LogP contribution in [0.1, 0.15) is 29.1 Å². The third-order valence-electron chi connectivity index (χ3n) is 5.06. The largest absolute Gasteiger partial charge is 0.495 e. The van der Waals surface area contributed by atoms with Gasteiger partial charge in [-0.3, -0.25) is 0 Å². The molecule has 1 saturated heterocycles. The van der Waals surface area contributed by atoms with Crippen molar-refractivity contribution < 1.29 is 17.7 Å². The summed E-state index contributed by atoms with van der Waals surface area (Å²) in [5.74, 6) is 1.03. The Balaban J connectivity index is 1.73. The van der Waals surface area contributed by atoms with Gasteiger partial charge in [0.1, 0.15) is 10.6 Å². The van der Waals surface area contributed by atoms with Gasteiger partial charge in [-0.1, -0.05) is 47.6 Å². The molecule has 2 unspecified atom stereocenters. The van der Waals surface area contributed by atoms with Crippen LogP contribution >= 0.6 is 0 Å². The van der Waals surface area contributed by atoms with Crippen LogP contribution in [0.25, 0.3) is 0 Å². The molecule has 1 fully saturated rings. The lowest BCUT2D eigenvalue weighted by atomic mass is 9.89. The van der Waals surface area contributed by atoms with Gasteiger partial charge < -0.3 is 9.26 Å². The van der Waals surface area contributed by atoms with Crippen molar-refractivity contribution in [2.24, 2.45) is 0 Å². The fraction of sp³-hybridized carbons (Fsp3) is 0.300. The van der Waals surface area contributed by atoms with E-state index in [9.17, 15) is 8.42 Å². The molecule has 0 radical (unpaired) electrons. The van der Waals surface area contributed by atoms with Crippen molar-refractivity contribution in [2.45, 2.75) is 23.7 Å². The van der Waals surface area contributed by atoms with E-state index in [2.05, 4.69) is 10.1 Å². The highest BCUT2D eigenvalue weighted by Crippen LogP contribution is 2.42. The van der Waals surface area contributed by atoms with Gasteiger partial charge in [-0.15, -0.1) is 0 Å². The first-order valence-corrected chi connectivity index (χ1v) is 10.4. The van der Waals surface area contributed by atoms with Crippen molar-refractivity contribution in [3.05, 3.63) is 71.9 Å². The van der Waals surface area contributed by atoms with E-state index >= 15 is 0 Å². The molecule has 1 aliphatic heterocycles. The number of hydrogen-bond acceptors (Lipinski definition) is 6. The first kappa shape index (κ1) is 18.6. The van der Waals surface area contributed by atoms with Crippen LogP contribution in [0, 0.1) is 6.92 Å². The summed E-state index contributed by atoms with van der Waals surface area (Å²) in [5.41, 5.74) is 1.04. The molecule has 146 valence electrons. The number of methoxy groups -OCH3 is 1. The topological polar surface area (TPSA) is 85.5 Å². The van der Waals surface area contributed by atoms with Gasteiger partial charge in [0.05, 0.1) is 13.0 Å². The molecular weight excluding hydrogens is 378 g/mol. The molecule has 2 aromatic carbocycles. The summed E-state index contributed by atoms with van der Waals surface area (Å²) in [6.45, 7) is 2.35. The number of aryl methyl sites for hydroxylation is 1. The van der Waals surface area contributed by atoms with Gasteiger partial charge in [0.25, 0.3) is 0 Å². The summed E-state index contributed by atoms with van der Waals surface area (Å²) in [5, 5.41) is 3.89. The van der Waals surface area contributed by atoms with Crippen LogP contribution in [0.2, 0.25) is 0 Å². The van der Waals surface area contributed by atoms with Crippen LogP contribution in [0.3, 0.4) is 0 Å². The van der Waals surface area contributed by atoms with Gasteiger partial charge in [0.15, 0.2) is 5.82 Å². The van der Waals surface area contributed by atoms with Gasteiger partial charge in [0.2, 0.25) is 15.9 Å². The van der Waals surface area contributed by atoms with E-state index < -0.39 is 10.0 Å². The summed E-state index contributed by atoms with van der Waals surface area (Å²) >= 11 is 0. The van der Waals surface area contributed by atoms with Crippen LogP contribution in [0.15, 0.2) is 64.0 Å². The van der Waals surface area contributed by atoms with Gasteiger partial charge in [-0.25, -0.2) is 8.42 Å². The Bertz CT molecular complexity index is 1070. The Labute approximate surface area is 164 Å². The van der Waals surface area contributed by atoms with Gasteiger partial charge in [0, 0.05) is 19.0 Å². The van der Waals surface area contributed by atoms with Crippen molar-refractivity contribution >= 4 is 10.0 Å². The molecule has 0 saturated carbocycles. The van der Waals surface area contributed by atoms with Crippen molar-refractivity contribution in [3.63, 3.8) is 0 Å². The number of sulfonamides is 1. The number of aromatic nitrogens is 2. The van der Waals surface area contributed by atoms with E-state index in [-0.39, 0.29) is 23.3 Å². The first-order chi connectivity index (χ1) is 13.5. The van der Waals surface area contributed by atoms with Crippen molar-refractivity contribution in [2.75, 3.05) is 20.2 Å². The molecule has 4 rings (SSSR count). The average Bonchev–Trinajstić information content (AvgIpc) is 3.35. The number of benzene rings is 2. The Kier molecular flexibility index (Phi) is 4.91. The van der Waals surface area contributed by atoms with E-state index in [0.717, 1.165) is 5.56 Å². The minimum absolute atomic E-state index is 0.0782. The zero-order valence-corrected chi connectivity index (χ0v) is 16.5. The first-order valence-electron chi connectivity index (χ1n) is 8.99. The number of nitrogens with zero attached hydrogens (tertiary/aromatic N) is 3. The molecule has 2 heterocycles. The molecule has 7 nitrogen and oxygen atoms in total. The predicted molar refractivity (Wildman–Crippen MR) is 103 cm³/mol. The lowest BCUT2D eigenvalue weighted by Gasteiger charge is -2.18. The number of para-hydroxylation sites is 1. The van der Waals surface area contributed by atoms with Crippen molar-refractivity contribution in [1.82, 2.24) is 14.4 Å². The SMILES string of the molecule is COc1ccccc1S(=O)(=O)N1CC(c2ccccc2)C(c2nc(C)no2)C1. The Morgan fingerprint density at radius 2 is 1.71 bits per heavy atom. The lowest BCUT2D eigenvalue weighted by Crippen LogP contribution is -2.29. The van der Waals surface area contributed by atoms with Gasteiger partial charge >= 0.3 is 0 Å². The second kappa shape index (κ2) is 7.37. The molecule has 2 atom stereocenters. The summed E-state index contributed by atoms with van der Waals surface area (Å²) < 4.78 is 38.9. The number of hydrogen-bond donors (Lipinski definition) is 0. The molecule has 1 aliphatic rings. The van der Waals surface area contributed by atoms with Crippen molar-refractivity contribution in [3.8, 4) is 5.75 Å². The molecule has 0 aliphatic carbocycles. The second-order valence-corrected chi connectivity index (χ2v) is 8.68. The van der Waals surface area contributed by atoms with E-state index in [1.165, 1.54) is 11.4 Å². The van der Waals surface area contributed by atoms with Crippen LogP contribution in [0.4, 0.5) is 0 Å². The minimum atomic E-state index is -3.74. The fourth-order valence-corrected chi connectivity index (χ4v) is 5.33. The highest BCUT2D eigenvalue weighted by molar-refractivity contribution is 7.89. The number of rotatable bonds is 5. The van der Waals surface area contributed by atoms with E-state index in [1.807, 2.05) is 30.3 Å². The summed E-state index contributed by atoms with van der Waals surface area (Å²) in [4.78, 5) is 4.53. The van der Waals surface area contributed by atoms with E-state index in [0.29, 0.717) is 24.0 Å². The smallest absolute Gasteiger partial charge is 0.246 e. The molecule has 8 heteroatoms. The van der Waals surface area contributed by atoms with Gasteiger partial charge in [-0.2, -0.15) is 9.29 Å². The van der Waals surface area contributed by atoms with Crippen LogP contribution in [-0.2, 0) is 10.0 Å². The molecule has 28 heavy (non-hydrogen) atoms. The van der Waals surface area contributed by atoms with Crippen LogP contribution < -0.4 is 4.74 Å². The summed E-state index contributed by atoms with van der Waals surface area (Å²) in [7, 11) is -2.27. The van der Waals surface area contributed by atoms with E-state index in [1.54, 1.807) is 31.2 Å². The highest BCUT2D eigenvalue weighted by atomic mass is 32.2. The quantitative estimate of drug-likeness (QED) is 0.656. The second-order valence-electron chi connectivity index (χ2n) is 6.78. The predicted octanol–water partition coefficient (Wildman–Crippen LogP) is 2.96. The van der Waals surface area contributed by atoms with E-state index in [4.69, 9.17) is 9.26 Å². The average molecular weight is 399 g/mol. The molecule has 0 spiro atoms. The standard InChI is InChI=1S/C20H21N3O4S/c1-14-21-20(27-22-14)17-13-23(12-16(17)15-8-4-3-5-9-15)28(24,25)19-11-7-6-10-18(19)26-2/h3-11,16-17H,12-13H2,1-2H3. The third-order valence-corrected chi connectivity index (χ3v) is 6.93. The molecule has 0 N–H and O–H groups in total. The Morgan fingerprint density at radius 1 is 1.04 bits per heavy atom. The fourth-order valence-electron chi connectivity index (χ4n) is 3.69. The highest BCUT2D eigenvalue weighted by Gasteiger charge is 2.43. The normalized spacial score (nSPS) is 20.4. The molecule has 1 aromatic heterocycles. The lowest BCUT2D eigenvalue weighted by molar-refractivity contribution is 0.345. The third kappa shape index (κ3) is 3.29. The monoisotopic (exact) mass is 399 g/mol. The number of ether oxygens (including phenoxy) is 1. The minimum Gasteiger partial charge on any atom is -0.495 e. The van der Waals surface area contributed by atoms with Crippen LogP contribution in [-0.4, -0.2) is 43.1 Å². The summed E-state index contributed by atoms with van der Waals surface area (Å²) in [6, 6.07) is 16.5. The molecule has 0 bridgehead atoms. The molecule has 3 aromatic rings. The zero-order chi connectivity index (χ0) is 19.7. The van der Waals surface area contributed by atoms with Crippen molar-refractivity contribution in [1.29, 1.82) is 0 Å². The maximum absolute atomic E-state index is 13.4. The molecule has 0 amide bonds. The molecular formula is C20H21N3O4S. The zero-order valence-electron chi connectivity index (χ0n) is 15.6. The maximum atomic E-state index is 13.4. The Hall–Kier alpha value is -2.71. The maximum Gasteiger partial charge on any atom is 0.246 e. The van der Waals surface area contributed by atoms with Gasteiger partial charge in [-0.05, 0) is 24.6 Å². The summed E-state index contributed by atoms with van der Waals surface area (Å²) in [6.07, 6.45) is 0. The Morgan fingerprint density at radius 3 is 2.39 bits per heavy atom.